The molecule has 5 heteroatoms. The normalized spacial score (nSPS) is 9.67. The van der Waals surface area contributed by atoms with Gasteiger partial charge in [0.25, 0.3) is 0 Å². The second-order valence-corrected chi connectivity index (χ2v) is 2.28. The fraction of sp³-hybridized carbons (Fsp3) is 0.429. The molecule has 64 valence electrons. The Hall–Kier alpha value is -1.54. The minimum Gasteiger partial charge on any atom is -0.383 e. The highest BCUT2D eigenvalue weighted by Crippen LogP contribution is 2.06. The molecule has 1 heterocycles. The quantitative estimate of drug-likeness (QED) is 0.684. The number of nitrogen functional groups attached to an aromatic ring is 1. The topological polar surface area (TPSA) is 76.9 Å². The number of rotatable bonds is 3. The molecule has 0 saturated carbocycles. The lowest BCUT2D eigenvalue weighted by Gasteiger charge is -2.00. The van der Waals surface area contributed by atoms with Crippen LogP contribution < -0.4 is 5.73 Å². The van der Waals surface area contributed by atoms with Crippen LogP contribution in [0, 0.1) is 11.3 Å². The van der Waals surface area contributed by atoms with Crippen molar-refractivity contribution in [2.45, 2.75) is 6.54 Å². The molecule has 0 spiro atoms. The Balaban J connectivity index is 2.79. The van der Waals surface area contributed by atoms with Crippen molar-refractivity contribution < 1.29 is 4.74 Å². The monoisotopic (exact) mass is 166 g/mol. The maximum Gasteiger partial charge on any atom is 0.164 e. The number of aromatic nitrogens is 2. The van der Waals surface area contributed by atoms with Crippen molar-refractivity contribution in [3.8, 4) is 6.07 Å². The molecule has 12 heavy (non-hydrogen) atoms. The van der Waals surface area contributed by atoms with Crippen LogP contribution in [0.25, 0.3) is 0 Å². The largest absolute Gasteiger partial charge is 0.383 e. The first kappa shape index (κ1) is 8.56. The van der Waals surface area contributed by atoms with Crippen molar-refractivity contribution >= 4 is 5.82 Å². The van der Waals surface area contributed by atoms with E-state index in [1.54, 1.807) is 11.7 Å². The predicted octanol–water partition coefficient (Wildman–Crippen LogP) is -0.0166. The van der Waals surface area contributed by atoms with Crippen LogP contribution in [0.1, 0.15) is 5.69 Å². The number of nitrogens with zero attached hydrogens (tertiary/aromatic N) is 3. The molecule has 1 rings (SSSR count). The van der Waals surface area contributed by atoms with Crippen LogP contribution in [-0.2, 0) is 11.3 Å². The molecular formula is C7H10N4O. The maximum absolute atomic E-state index is 8.66. The lowest BCUT2D eigenvalue weighted by Crippen LogP contribution is -2.05. The highest BCUT2D eigenvalue weighted by Gasteiger charge is 2.05. The minimum absolute atomic E-state index is 0.272. The van der Waals surface area contributed by atoms with Crippen LogP contribution in [0.4, 0.5) is 5.82 Å². The first-order valence-electron chi connectivity index (χ1n) is 3.49. The van der Waals surface area contributed by atoms with Crippen molar-refractivity contribution in [3.63, 3.8) is 0 Å². The number of methoxy groups -OCH3 is 1. The van der Waals surface area contributed by atoms with E-state index in [4.69, 9.17) is 15.7 Å². The first-order valence-corrected chi connectivity index (χ1v) is 3.49. The summed E-state index contributed by atoms with van der Waals surface area (Å²) in [7, 11) is 1.60. The fourth-order valence-corrected chi connectivity index (χ4v) is 0.879. The molecule has 1 aromatic heterocycles. The van der Waals surface area contributed by atoms with Crippen molar-refractivity contribution in [2.24, 2.45) is 0 Å². The van der Waals surface area contributed by atoms with Crippen LogP contribution in [-0.4, -0.2) is 23.3 Å². The highest BCUT2D eigenvalue weighted by atomic mass is 16.5. The molecule has 0 fully saturated rings. The highest BCUT2D eigenvalue weighted by molar-refractivity contribution is 5.43. The van der Waals surface area contributed by atoms with Gasteiger partial charge in [-0.1, -0.05) is 0 Å². The van der Waals surface area contributed by atoms with Crippen LogP contribution in [0.2, 0.25) is 0 Å². The lowest BCUT2D eigenvalue weighted by atomic mass is 10.4. The summed E-state index contributed by atoms with van der Waals surface area (Å²) in [5.41, 5.74) is 5.82. The Morgan fingerprint density at radius 1 is 1.83 bits per heavy atom. The molecule has 0 saturated heterocycles. The third kappa shape index (κ3) is 1.54. The number of nitriles is 1. The third-order valence-electron chi connectivity index (χ3n) is 1.51. The second kappa shape index (κ2) is 3.74. The molecule has 0 unspecified atom stereocenters. The third-order valence-corrected chi connectivity index (χ3v) is 1.51. The molecule has 0 aliphatic rings. The van der Waals surface area contributed by atoms with Crippen molar-refractivity contribution in [2.75, 3.05) is 19.5 Å². The number of hydrogen-bond acceptors (Lipinski definition) is 4. The van der Waals surface area contributed by atoms with E-state index in [0.29, 0.717) is 18.8 Å². The Kier molecular flexibility index (Phi) is 2.66. The van der Waals surface area contributed by atoms with Crippen molar-refractivity contribution in [1.29, 1.82) is 5.26 Å². The average Bonchev–Trinajstić information content (AvgIpc) is 2.43. The Labute approximate surface area is 70.4 Å². The molecule has 0 bridgehead atoms. The summed E-state index contributed by atoms with van der Waals surface area (Å²) in [5.74, 6) is 0.272. The van der Waals surface area contributed by atoms with Gasteiger partial charge >= 0.3 is 0 Å². The molecule has 0 atom stereocenters. The van der Waals surface area contributed by atoms with Crippen LogP contribution >= 0.6 is 0 Å². The number of hydrogen-bond donors (Lipinski definition) is 1. The van der Waals surface area contributed by atoms with Crippen LogP contribution in [0.3, 0.4) is 0 Å². The summed E-state index contributed by atoms with van der Waals surface area (Å²) in [5, 5.41) is 8.66. The molecule has 0 aliphatic carbocycles. The zero-order valence-corrected chi connectivity index (χ0v) is 6.82. The molecule has 1 aromatic rings. The summed E-state index contributed by atoms with van der Waals surface area (Å²) in [6.07, 6.45) is 1.53. The van der Waals surface area contributed by atoms with Crippen LogP contribution in [0.5, 0.6) is 0 Å². The summed E-state index contributed by atoms with van der Waals surface area (Å²) < 4.78 is 6.52. The number of ether oxygens (including phenoxy) is 1. The van der Waals surface area contributed by atoms with E-state index < -0.39 is 0 Å². The second-order valence-electron chi connectivity index (χ2n) is 2.28. The van der Waals surface area contributed by atoms with E-state index >= 15 is 0 Å². The van der Waals surface area contributed by atoms with Gasteiger partial charge in [0.15, 0.2) is 11.5 Å². The van der Waals surface area contributed by atoms with Gasteiger partial charge in [0.1, 0.15) is 6.07 Å². The van der Waals surface area contributed by atoms with Gasteiger partial charge in [0.2, 0.25) is 0 Å². The summed E-state index contributed by atoms with van der Waals surface area (Å²) in [6.45, 7) is 1.15. The van der Waals surface area contributed by atoms with Gasteiger partial charge in [0, 0.05) is 13.7 Å². The summed E-state index contributed by atoms with van der Waals surface area (Å²) in [4.78, 5) is 3.80. The Bertz CT molecular complexity index is 299. The van der Waals surface area contributed by atoms with Gasteiger partial charge in [-0.25, -0.2) is 4.98 Å². The van der Waals surface area contributed by atoms with E-state index in [1.807, 2.05) is 6.07 Å². The molecular weight excluding hydrogens is 156 g/mol. The molecule has 0 amide bonds. The maximum atomic E-state index is 8.66. The molecule has 2 N–H and O–H groups in total. The average molecular weight is 166 g/mol. The smallest absolute Gasteiger partial charge is 0.164 e. The zero-order valence-electron chi connectivity index (χ0n) is 6.82. The van der Waals surface area contributed by atoms with Gasteiger partial charge in [-0.2, -0.15) is 5.26 Å². The van der Waals surface area contributed by atoms with Crippen molar-refractivity contribution in [1.82, 2.24) is 9.55 Å². The standard InChI is InChI=1S/C7H10N4O/c1-12-3-2-11-5-10-7(9)6(11)4-8/h5H,2-3,9H2,1H3. The van der Waals surface area contributed by atoms with E-state index in [9.17, 15) is 0 Å². The zero-order chi connectivity index (χ0) is 8.97. The molecule has 0 aliphatic heterocycles. The molecule has 0 radical (unpaired) electrons. The fourth-order valence-electron chi connectivity index (χ4n) is 0.879. The summed E-state index contributed by atoms with van der Waals surface area (Å²) in [6, 6.07) is 1.97. The van der Waals surface area contributed by atoms with Gasteiger partial charge in [-0.05, 0) is 0 Å². The number of imidazole rings is 1. The van der Waals surface area contributed by atoms with E-state index in [0.717, 1.165) is 0 Å². The lowest BCUT2D eigenvalue weighted by molar-refractivity contribution is 0.187. The molecule has 0 aromatic carbocycles. The first-order chi connectivity index (χ1) is 5.79. The van der Waals surface area contributed by atoms with Crippen molar-refractivity contribution in [3.05, 3.63) is 12.0 Å². The summed E-state index contributed by atoms with van der Waals surface area (Å²) >= 11 is 0. The van der Waals surface area contributed by atoms with Gasteiger partial charge in [-0.15, -0.1) is 0 Å². The van der Waals surface area contributed by atoms with Gasteiger partial charge in [0.05, 0.1) is 12.9 Å². The Morgan fingerprint density at radius 2 is 2.58 bits per heavy atom. The predicted molar refractivity (Wildman–Crippen MR) is 43.2 cm³/mol. The van der Waals surface area contributed by atoms with E-state index in [-0.39, 0.29) is 5.82 Å². The Morgan fingerprint density at radius 3 is 3.17 bits per heavy atom. The number of nitrogens with two attached hydrogens (primary N) is 1. The number of anilines is 1. The van der Waals surface area contributed by atoms with E-state index in [1.165, 1.54) is 6.33 Å². The van der Waals surface area contributed by atoms with E-state index in [2.05, 4.69) is 4.98 Å². The van der Waals surface area contributed by atoms with Gasteiger partial charge in [-0.3, -0.25) is 0 Å². The molecule has 5 nitrogen and oxygen atoms in total. The minimum atomic E-state index is 0.272. The van der Waals surface area contributed by atoms with Crippen LogP contribution in [0.15, 0.2) is 6.33 Å². The SMILES string of the molecule is COCCn1cnc(N)c1C#N. The van der Waals surface area contributed by atoms with Gasteiger partial charge < -0.3 is 15.0 Å².